The van der Waals surface area contributed by atoms with E-state index in [-0.39, 0.29) is 0 Å². The standard InChI is InChI=1S/C12H14O3/c1-2-15-11-8-6-10(7-9-11)4-3-5-12(13)14/h3,5-9H,2,4H2,1H3,(H,13,14)/b5-3+. The third-order valence-electron chi connectivity index (χ3n) is 1.85. The van der Waals surface area contributed by atoms with Crippen LogP contribution in [-0.2, 0) is 11.2 Å². The second kappa shape index (κ2) is 5.86. The summed E-state index contributed by atoms with van der Waals surface area (Å²) >= 11 is 0. The van der Waals surface area contributed by atoms with Crippen molar-refractivity contribution in [1.29, 1.82) is 0 Å². The summed E-state index contributed by atoms with van der Waals surface area (Å²) in [5.41, 5.74) is 1.07. The number of carboxylic acids is 1. The topological polar surface area (TPSA) is 46.5 Å². The average Bonchev–Trinajstić information content (AvgIpc) is 2.20. The van der Waals surface area contributed by atoms with Crippen molar-refractivity contribution < 1.29 is 14.6 Å². The van der Waals surface area contributed by atoms with Crippen molar-refractivity contribution in [1.82, 2.24) is 0 Å². The van der Waals surface area contributed by atoms with Crippen LogP contribution in [0, 0.1) is 0 Å². The molecule has 0 heterocycles. The van der Waals surface area contributed by atoms with Crippen molar-refractivity contribution in [3.8, 4) is 5.75 Å². The van der Waals surface area contributed by atoms with Gasteiger partial charge in [0.15, 0.2) is 0 Å². The van der Waals surface area contributed by atoms with E-state index in [1.165, 1.54) is 0 Å². The first-order valence-electron chi connectivity index (χ1n) is 4.83. The molecule has 1 aromatic rings. The summed E-state index contributed by atoms with van der Waals surface area (Å²) in [6.07, 6.45) is 3.40. The van der Waals surface area contributed by atoms with Gasteiger partial charge in [-0.05, 0) is 31.0 Å². The molecule has 80 valence electrons. The minimum atomic E-state index is -0.916. The van der Waals surface area contributed by atoms with Gasteiger partial charge in [-0.2, -0.15) is 0 Å². The Morgan fingerprint density at radius 2 is 2.07 bits per heavy atom. The highest BCUT2D eigenvalue weighted by molar-refractivity contribution is 5.79. The highest BCUT2D eigenvalue weighted by Gasteiger charge is 1.93. The van der Waals surface area contributed by atoms with Gasteiger partial charge in [-0.1, -0.05) is 18.2 Å². The Bertz CT molecular complexity index is 338. The van der Waals surface area contributed by atoms with Gasteiger partial charge in [0.05, 0.1) is 6.61 Å². The van der Waals surface area contributed by atoms with Crippen LogP contribution in [0.4, 0.5) is 0 Å². The molecule has 0 atom stereocenters. The van der Waals surface area contributed by atoms with Crippen LogP contribution in [0.3, 0.4) is 0 Å². The van der Waals surface area contributed by atoms with Crippen LogP contribution in [0.15, 0.2) is 36.4 Å². The minimum Gasteiger partial charge on any atom is -0.494 e. The number of ether oxygens (including phenoxy) is 1. The molecule has 0 unspecified atom stereocenters. The van der Waals surface area contributed by atoms with Gasteiger partial charge in [-0.25, -0.2) is 4.79 Å². The zero-order valence-corrected chi connectivity index (χ0v) is 8.64. The molecule has 0 aromatic heterocycles. The zero-order chi connectivity index (χ0) is 11.1. The summed E-state index contributed by atoms with van der Waals surface area (Å²) in [6, 6.07) is 7.62. The molecule has 0 radical (unpaired) electrons. The fraction of sp³-hybridized carbons (Fsp3) is 0.250. The van der Waals surface area contributed by atoms with Crippen molar-refractivity contribution in [2.24, 2.45) is 0 Å². The van der Waals surface area contributed by atoms with Crippen LogP contribution >= 0.6 is 0 Å². The third-order valence-corrected chi connectivity index (χ3v) is 1.85. The molecule has 1 N–H and O–H groups in total. The number of allylic oxidation sites excluding steroid dienone is 1. The van der Waals surface area contributed by atoms with Gasteiger partial charge < -0.3 is 9.84 Å². The van der Waals surface area contributed by atoms with Crippen LogP contribution < -0.4 is 4.74 Å². The number of carbonyl (C=O) groups is 1. The molecule has 0 bridgehead atoms. The number of benzene rings is 1. The van der Waals surface area contributed by atoms with Crippen LogP contribution in [-0.4, -0.2) is 17.7 Å². The lowest BCUT2D eigenvalue weighted by Crippen LogP contribution is -1.91. The summed E-state index contributed by atoms with van der Waals surface area (Å²) in [5.74, 6) is -0.0793. The van der Waals surface area contributed by atoms with Gasteiger partial charge >= 0.3 is 5.97 Å². The fourth-order valence-electron chi connectivity index (χ4n) is 1.18. The number of aliphatic carboxylic acids is 1. The second-order valence-electron chi connectivity index (χ2n) is 3.02. The molecule has 3 nitrogen and oxygen atoms in total. The molecule has 0 saturated heterocycles. The van der Waals surface area contributed by atoms with E-state index in [2.05, 4.69) is 0 Å². The molecule has 0 amide bonds. The van der Waals surface area contributed by atoms with Crippen LogP contribution in [0.1, 0.15) is 12.5 Å². The molecule has 0 spiro atoms. The number of hydrogen-bond acceptors (Lipinski definition) is 2. The summed E-state index contributed by atoms with van der Waals surface area (Å²) in [6.45, 7) is 2.59. The van der Waals surface area contributed by atoms with E-state index < -0.39 is 5.97 Å². The van der Waals surface area contributed by atoms with Crippen molar-refractivity contribution >= 4 is 5.97 Å². The molecule has 0 aliphatic rings. The molecule has 1 rings (SSSR count). The van der Waals surface area contributed by atoms with E-state index in [0.717, 1.165) is 17.4 Å². The Morgan fingerprint density at radius 3 is 2.60 bits per heavy atom. The largest absolute Gasteiger partial charge is 0.494 e. The maximum atomic E-state index is 10.2. The van der Waals surface area contributed by atoms with Crippen molar-refractivity contribution in [3.05, 3.63) is 42.0 Å². The lowest BCUT2D eigenvalue weighted by Gasteiger charge is -2.02. The van der Waals surface area contributed by atoms with Crippen molar-refractivity contribution in [3.63, 3.8) is 0 Å². The summed E-state index contributed by atoms with van der Waals surface area (Å²) in [4.78, 5) is 10.2. The Balaban J connectivity index is 2.53. The van der Waals surface area contributed by atoms with E-state index in [9.17, 15) is 4.79 Å². The molecular formula is C12H14O3. The number of hydrogen-bond donors (Lipinski definition) is 1. The lowest BCUT2D eigenvalue weighted by atomic mass is 10.1. The lowest BCUT2D eigenvalue weighted by molar-refractivity contribution is -0.131. The molecule has 15 heavy (non-hydrogen) atoms. The molecule has 0 fully saturated rings. The first-order valence-corrected chi connectivity index (χ1v) is 4.83. The maximum absolute atomic E-state index is 10.2. The van der Waals surface area contributed by atoms with E-state index >= 15 is 0 Å². The SMILES string of the molecule is CCOc1ccc(C/C=C/C(=O)O)cc1. The fourth-order valence-corrected chi connectivity index (χ4v) is 1.18. The summed E-state index contributed by atoms with van der Waals surface area (Å²) in [7, 11) is 0. The van der Waals surface area contributed by atoms with Crippen LogP contribution in [0.5, 0.6) is 5.75 Å². The third kappa shape index (κ3) is 4.31. The second-order valence-corrected chi connectivity index (χ2v) is 3.02. The summed E-state index contributed by atoms with van der Waals surface area (Å²) < 4.78 is 5.29. The normalized spacial score (nSPS) is 10.5. The Kier molecular flexibility index (Phi) is 4.41. The monoisotopic (exact) mass is 206 g/mol. The maximum Gasteiger partial charge on any atom is 0.327 e. The highest BCUT2D eigenvalue weighted by Crippen LogP contribution is 2.12. The Labute approximate surface area is 89.0 Å². The van der Waals surface area contributed by atoms with E-state index in [1.54, 1.807) is 6.08 Å². The first-order chi connectivity index (χ1) is 7.22. The van der Waals surface area contributed by atoms with Gasteiger partial charge in [-0.15, -0.1) is 0 Å². The predicted molar refractivity (Wildman–Crippen MR) is 58.1 cm³/mol. The van der Waals surface area contributed by atoms with Crippen molar-refractivity contribution in [2.45, 2.75) is 13.3 Å². The van der Waals surface area contributed by atoms with Crippen molar-refractivity contribution in [2.75, 3.05) is 6.61 Å². The average molecular weight is 206 g/mol. The molecule has 0 aliphatic carbocycles. The minimum absolute atomic E-state index is 0.624. The van der Waals surface area contributed by atoms with E-state index in [0.29, 0.717) is 13.0 Å². The van der Waals surface area contributed by atoms with Gasteiger partial charge in [0.2, 0.25) is 0 Å². The molecule has 0 aliphatic heterocycles. The van der Waals surface area contributed by atoms with Gasteiger partial charge in [0, 0.05) is 6.08 Å². The smallest absolute Gasteiger partial charge is 0.327 e. The quantitative estimate of drug-likeness (QED) is 0.752. The predicted octanol–water partition coefficient (Wildman–Crippen LogP) is 2.27. The number of carboxylic acid groups (broad SMARTS) is 1. The summed E-state index contributed by atoms with van der Waals surface area (Å²) in [5, 5.41) is 8.40. The first kappa shape index (κ1) is 11.3. The highest BCUT2D eigenvalue weighted by atomic mass is 16.5. The van der Waals surface area contributed by atoms with Gasteiger partial charge in [0.25, 0.3) is 0 Å². The van der Waals surface area contributed by atoms with Crippen LogP contribution in [0.2, 0.25) is 0 Å². The van der Waals surface area contributed by atoms with Gasteiger partial charge in [-0.3, -0.25) is 0 Å². The molecule has 3 heteroatoms. The Hall–Kier alpha value is -1.77. The van der Waals surface area contributed by atoms with E-state index in [4.69, 9.17) is 9.84 Å². The van der Waals surface area contributed by atoms with E-state index in [1.807, 2.05) is 31.2 Å². The molecule has 0 saturated carbocycles. The number of rotatable bonds is 5. The van der Waals surface area contributed by atoms with Crippen LogP contribution in [0.25, 0.3) is 0 Å². The molecular weight excluding hydrogens is 192 g/mol. The Morgan fingerprint density at radius 1 is 1.40 bits per heavy atom. The zero-order valence-electron chi connectivity index (χ0n) is 8.64. The molecule has 1 aromatic carbocycles. The van der Waals surface area contributed by atoms with Gasteiger partial charge in [0.1, 0.15) is 5.75 Å².